The molecule has 0 unspecified atom stereocenters. The number of rotatable bonds is 6. The van der Waals surface area contributed by atoms with Gasteiger partial charge in [-0.1, -0.05) is 23.7 Å². The second-order valence-electron chi connectivity index (χ2n) is 4.63. The van der Waals surface area contributed by atoms with E-state index in [4.69, 9.17) is 25.8 Å². The van der Waals surface area contributed by atoms with Crippen LogP contribution in [0.15, 0.2) is 41.5 Å². The van der Waals surface area contributed by atoms with Gasteiger partial charge in [0.25, 0.3) is 5.91 Å². The molecule has 2 rings (SSSR count). The van der Waals surface area contributed by atoms with E-state index in [0.717, 1.165) is 0 Å². The number of carbonyl (C=O) groups is 1. The largest absolute Gasteiger partial charge is 0.496 e. The number of carbonyl (C=O) groups excluding carboxylic acids is 1. The Morgan fingerprint density at radius 1 is 1.04 bits per heavy atom. The van der Waals surface area contributed by atoms with Gasteiger partial charge in [-0.3, -0.25) is 4.79 Å². The van der Waals surface area contributed by atoms with Crippen molar-refractivity contribution in [1.82, 2.24) is 5.43 Å². The van der Waals surface area contributed by atoms with Crippen LogP contribution in [0.5, 0.6) is 17.2 Å². The maximum absolute atomic E-state index is 12.2. The Balaban J connectivity index is 2.17. The molecule has 0 fully saturated rings. The molecule has 0 aliphatic carbocycles. The van der Waals surface area contributed by atoms with E-state index in [9.17, 15) is 4.79 Å². The highest BCUT2D eigenvalue weighted by Gasteiger charge is 2.11. The predicted molar refractivity (Wildman–Crippen MR) is 92.6 cm³/mol. The summed E-state index contributed by atoms with van der Waals surface area (Å²) < 4.78 is 15.5. The predicted octanol–water partition coefficient (Wildman–Crippen LogP) is 3.13. The molecule has 0 bridgehead atoms. The number of nitrogens with one attached hydrogen (secondary N) is 1. The van der Waals surface area contributed by atoms with Gasteiger partial charge in [0.05, 0.1) is 38.1 Å². The van der Waals surface area contributed by atoms with E-state index in [1.165, 1.54) is 27.5 Å². The van der Waals surface area contributed by atoms with Crippen LogP contribution in [0.25, 0.3) is 0 Å². The van der Waals surface area contributed by atoms with Crippen molar-refractivity contribution in [1.29, 1.82) is 0 Å². The Labute approximate surface area is 145 Å². The maximum atomic E-state index is 12.2. The van der Waals surface area contributed by atoms with Crippen LogP contribution in [0.2, 0.25) is 5.02 Å². The van der Waals surface area contributed by atoms with Crippen molar-refractivity contribution in [3.8, 4) is 17.2 Å². The van der Waals surface area contributed by atoms with E-state index in [-0.39, 0.29) is 5.91 Å². The van der Waals surface area contributed by atoms with Gasteiger partial charge in [-0.2, -0.15) is 5.10 Å². The number of nitrogens with zero attached hydrogens (tertiary/aromatic N) is 1. The smallest absolute Gasteiger partial charge is 0.275 e. The van der Waals surface area contributed by atoms with Gasteiger partial charge in [0, 0.05) is 11.6 Å². The normalized spacial score (nSPS) is 10.5. The van der Waals surface area contributed by atoms with Crippen LogP contribution >= 0.6 is 11.6 Å². The molecular formula is C17H17ClN2O4. The third kappa shape index (κ3) is 3.97. The lowest BCUT2D eigenvalue weighted by Crippen LogP contribution is -2.18. The van der Waals surface area contributed by atoms with E-state index in [1.54, 1.807) is 36.4 Å². The van der Waals surface area contributed by atoms with Gasteiger partial charge < -0.3 is 14.2 Å². The van der Waals surface area contributed by atoms with Crippen molar-refractivity contribution in [3.05, 3.63) is 52.5 Å². The van der Waals surface area contributed by atoms with Crippen molar-refractivity contribution in [2.75, 3.05) is 21.3 Å². The van der Waals surface area contributed by atoms with Crippen LogP contribution in [0.4, 0.5) is 0 Å². The maximum Gasteiger partial charge on any atom is 0.275 e. The molecule has 0 aliphatic heterocycles. The summed E-state index contributed by atoms with van der Waals surface area (Å²) >= 11 is 6.09. The Morgan fingerprint density at radius 3 is 2.38 bits per heavy atom. The van der Waals surface area contributed by atoms with Gasteiger partial charge in [-0.05, 0) is 18.2 Å². The molecule has 7 heteroatoms. The average molecular weight is 349 g/mol. The quantitative estimate of drug-likeness (QED) is 0.643. The molecule has 0 saturated carbocycles. The van der Waals surface area contributed by atoms with Crippen LogP contribution in [0.3, 0.4) is 0 Å². The van der Waals surface area contributed by atoms with E-state index in [0.29, 0.717) is 33.4 Å². The lowest BCUT2D eigenvalue weighted by molar-refractivity contribution is 0.0952. The van der Waals surface area contributed by atoms with Crippen LogP contribution in [-0.2, 0) is 0 Å². The van der Waals surface area contributed by atoms with Gasteiger partial charge in [0.1, 0.15) is 17.2 Å². The van der Waals surface area contributed by atoms with E-state index >= 15 is 0 Å². The molecule has 0 spiro atoms. The Hall–Kier alpha value is -2.73. The van der Waals surface area contributed by atoms with Crippen molar-refractivity contribution >= 4 is 23.7 Å². The number of hydrogen-bond acceptors (Lipinski definition) is 5. The summed E-state index contributed by atoms with van der Waals surface area (Å²) in [6, 6.07) is 10.2. The lowest BCUT2D eigenvalue weighted by atomic mass is 10.2. The molecule has 24 heavy (non-hydrogen) atoms. The fourth-order valence-corrected chi connectivity index (χ4v) is 2.29. The summed E-state index contributed by atoms with van der Waals surface area (Å²) in [5.41, 5.74) is 3.43. The topological polar surface area (TPSA) is 69.2 Å². The zero-order valence-corrected chi connectivity index (χ0v) is 14.3. The number of methoxy groups -OCH3 is 3. The standard InChI is InChI=1S/C17H17ClN2O4/c1-22-14-7-5-4-6-12(14)17(21)20-19-10-11-8-13(18)16(24-3)9-15(11)23-2/h4-10H,1-3H3,(H,20,21)/b19-10-. The fraction of sp³-hybridized carbons (Fsp3) is 0.176. The molecule has 1 N–H and O–H groups in total. The fourth-order valence-electron chi connectivity index (χ4n) is 2.04. The second-order valence-corrected chi connectivity index (χ2v) is 5.04. The minimum Gasteiger partial charge on any atom is -0.496 e. The van der Waals surface area contributed by atoms with E-state index < -0.39 is 0 Å². The summed E-state index contributed by atoms with van der Waals surface area (Å²) in [5, 5.41) is 4.35. The highest BCUT2D eigenvalue weighted by Crippen LogP contribution is 2.31. The van der Waals surface area contributed by atoms with Crippen molar-refractivity contribution < 1.29 is 19.0 Å². The SMILES string of the molecule is COc1cc(OC)c(/C=N\NC(=O)c2ccccc2OC)cc1Cl. The zero-order chi connectivity index (χ0) is 17.5. The number of benzene rings is 2. The molecule has 2 aromatic carbocycles. The van der Waals surface area contributed by atoms with Gasteiger partial charge in [-0.15, -0.1) is 0 Å². The molecule has 0 aliphatic rings. The number of hydrogen-bond donors (Lipinski definition) is 1. The van der Waals surface area contributed by atoms with Gasteiger partial charge >= 0.3 is 0 Å². The number of ether oxygens (including phenoxy) is 3. The average Bonchev–Trinajstić information content (AvgIpc) is 2.61. The summed E-state index contributed by atoms with van der Waals surface area (Å²) in [7, 11) is 4.54. The minimum absolute atomic E-state index is 0.386. The third-order valence-corrected chi connectivity index (χ3v) is 3.52. The van der Waals surface area contributed by atoms with Crippen LogP contribution < -0.4 is 19.6 Å². The zero-order valence-electron chi connectivity index (χ0n) is 13.5. The van der Waals surface area contributed by atoms with Crippen LogP contribution in [0.1, 0.15) is 15.9 Å². The molecule has 0 aromatic heterocycles. The van der Waals surface area contributed by atoms with Crippen molar-refractivity contribution in [2.24, 2.45) is 5.10 Å². The molecule has 0 heterocycles. The summed E-state index contributed by atoms with van der Waals surface area (Å²) in [6.45, 7) is 0. The number of hydrazone groups is 1. The Morgan fingerprint density at radius 2 is 1.71 bits per heavy atom. The van der Waals surface area contributed by atoms with Crippen LogP contribution in [-0.4, -0.2) is 33.5 Å². The molecule has 0 radical (unpaired) electrons. The first-order valence-corrected chi connectivity index (χ1v) is 7.36. The summed E-state index contributed by atoms with van der Waals surface area (Å²) in [4.78, 5) is 12.2. The molecule has 6 nitrogen and oxygen atoms in total. The molecule has 2 aromatic rings. The van der Waals surface area contributed by atoms with Gasteiger partial charge in [0.15, 0.2) is 0 Å². The highest BCUT2D eigenvalue weighted by molar-refractivity contribution is 6.32. The summed E-state index contributed by atoms with van der Waals surface area (Å²) in [6.07, 6.45) is 1.44. The van der Waals surface area contributed by atoms with E-state index in [2.05, 4.69) is 10.5 Å². The number of halogens is 1. The number of amides is 1. The molecule has 1 amide bonds. The molecular weight excluding hydrogens is 332 g/mol. The highest BCUT2D eigenvalue weighted by atomic mass is 35.5. The second kappa shape index (κ2) is 8.21. The van der Waals surface area contributed by atoms with Crippen LogP contribution in [0, 0.1) is 0 Å². The Bertz CT molecular complexity index is 762. The van der Waals surface area contributed by atoms with E-state index in [1.807, 2.05) is 0 Å². The van der Waals surface area contributed by atoms with Gasteiger partial charge in [0.2, 0.25) is 0 Å². The van der Waals surface area contributed by atoms with Gasteiger partial charge in [-0.25, -0.2) is 5.43 Å². The first-order chi connectivity index (χ1) is 11.6. The molecule has 126 valence electrons. The number of para-hydroxylation sites is 1. The molecule has 0 atom stereocenters. The minimum atomic E-state index is -0.387. The lowest BCUT2D eigenvalue weighted by Gasteiger charge is -2.09. The van der Waals surface area contributed by atoms with Crippen molar-refractivity contribution in [3.63, 3.8) is 0 Å². The third-order valence-electron chi connectivity index (χ3n) is 3.23. The molecule has 0 saturated heterocycles. The monoisotopic (exact) mass is 348 g/mol. The summed E-state index contributed by atoms with van der Waals surface area (Å²) in [5.74, 6) is 1.09. The first-order valence-electron chi connectivity index (χ1n) is 6.98. The van der Waals surface area contributed by atoms with Crippen molar-refractivity contribution in [2.45, 2.75) is 0 Å². The first kappa shape index (κ1) is 17.6. The Kier molecular flexibility index (Phi) is 6.03.